The van der Waals surface area contributed by atoms with Gasteiger partial charge in [0.1, 0.15) is 36.2 Å². The summed E-state index contributed by atoms with van der Waals surface area (Å²) in [6.07, 6.45) is -2.05. The van der Waals surface area contributed by atoms with Crippen molar-refractivity contribution in [1.29, 1.82) is 0 Å². The number of carbonyl (C=O) groups excluding carboxylic acids is 3. The maximum atomic E-state index is 13.5. The molecule has 5 aromatic rings. The van der Waals surface area contributed by atoms with E-state index in [9.17, 15) is 24.6 Å². The molecule has 0 saturated heterocycles. The lowest BCUT2D eigenvalue weighted by atomic mass is 9.77. The van der Waals surface area contributed by atoms with Crippen molar-refractivity contribution in [3.63, 3.8) is 0 Å². The lowest BCUT2D eigenvalue weighted by Crippen LogP contribution is -2.38. The van der Waals surface area contributed by atoms with Gasteiger partial charge in [0.15, 0.2) is 5.60 Å². The van der Waals surface area contributed by atoms with Crippen LogP contribution in [-0.4, -0.2) is 33.3 Å². The standard InChI is InChI=1S/C37H27NO9/c39-25-15-16-29-32(19-25)46-33-27(31(40)18-17-30(33)37(29)28-14-8-7-13-26(28)34(41)47-37)20-38(35(42)44-21-23-9-3-1-4-10-23)36(43)45-22-24-11-5-2-6-12-24/h1-19,39-40H,20-22H2. The molecule has 2 amide bonds. The number of fused-ring (bicyclic) bond motifs is 6. The Morgan fingerprint density at radius 2 is 1.30 bits per heavy atom. The number of aromatic hydroxyl groups is 2. The van der Waals surface area contributed by atoms with Crippen LogP contribution in [0.4, 0.5) is 9.59 Å². The quantitative estimate of drug-likeness (QED) is 0.149. The largest absolute Gasteiger partial charge is 0.508 e. The van der Waals surface area contributed by atoms with E-state index in [0.717, 1.165) is 4.90 Å². The van der Waals surface area contributed by atoms with Crippen LogP contribution in [-0.2, 0) is 39.6 Å². The van der Waals surface area contributed by atoms with Crippen LogP contribution in [0.25, 0.3) is 0 Å². The second-order valence-corrected chi connectivity index (χ2v) is 11.0. The van der Waals surface area contributed by atoms with Crippen LogP contribution in [0.15, 0.2) is 115 Å². The van der Waals surface area contributed by atoms with E-state index >= 15 is 0 Å². The Labute approximate surface area is 268 Å². The highest BCUT2D eigenvalue weighted by Crippen LogP contribution is 2.58. The molecule has 10 nitrogen and oxygen atoms in total. The topological polar surface area (TPSA) is 132 Å². The van der Waals surface area contributed by atoms with E-state index in [1.54, 1.807) is 84.9 Å². The van der Waals surface area contributed by atoms with Crippen molar-refractivity contribution in [2.45, 2.75) is 25.4 Å². The average Bonchev–Trinajstić information content (AvgIpc) is 3.38. The smallest absolute Gasteiger partial charge is 0.419 e. The van der Waals surface area contributed by atoms with Crippen LogP contribution >= 0.6 is 0 Å². The fraction of sp³-hybridized carbons (Fsp3) is 0.108. The van der Waals surface area contributed by atoms with Gasteiger partial charge >= 0.3 is 18.2 Å². The zero-order valence-corrected chi connectivity index (χ0v) is 24.8. The molecule has 0 aromatic heterocycles. The molecule has 1 unspecified atom stereocenters. The molecule has 2 N–H and O–H groups in total. The van der Waals surface area contributed by atoms with Crippen molar-refractivity contribution in [2.75, 3.05) is 0 Å². The van der Waals surface area contributed by atoms with E-state index in [2.05, 4.69) is 0 Å². The van der Waals surface area contributed by atoms with Crippen LogP contribution in [0.1, 0.15) is 43.7 Å². The molecule has 7 rings (SSSR count). The van der Waals surface area contributed by atoms with Gasteiger partial charge in [0, 0.05) is 22.8 Å². The Hall–Kier alpha value is -6.29. The minimum absolute atomic E-state index is 0.0182. The Morgan fingerprint density at radius 1 is 0.702 bits per heavy atom. The Kier molecular flexibility index (Phi) is 7.45. The summed E-state index contributed by atoms with van der Waals surface area (Å²) < 4.78 is 23.4. The van der Waals surface area contributed by atoms with Gasteiger partial charge in [-0.3, -0.25) is 0 Å². The fourth-order valence-electron chi connectivity index (χ4n) is 5.88. The number of esters is 1. The second-order valence-electron chi connectivity index (χ2n) is 11.0. The predicted molar refractivity (Wildman–Crippen MR) is 167 cm³/mol. The third kappa shape index (κ3) is 5.25. The molecule has 2 heterocycles. The van der Waals surface area contributed by atoms with E-state index in [-0.39, 0.29) is 41.8 Å². The monoisotopic (exact) mass is 629 g/mol. The molecule has 2 aliphatic heterocycles. The highest BCUT2D eigenvalue weighted by molar-refractivity contribution is 5.97. The molecular formula is C37H27NO9. The summed E-state index contributed by atoms with van der Waals surface area (Å²) in [7, 11) is 0. The van der Waals surface area contributed by atoms with Crippen LogP contribution in [0.5, 0.6) is 23.0 Å². The number of carbonyl (C=O) groups is 3. The minimum Gasteiger partial charge on any atom is -0.508 e. The summed E-state index contributed by atoms with van der Waals surface area (Å²) in [6, 6.07) is 32.1. The number of benzene rings is 5. The maximum Gasteiger partial charge on any atom is 0.419 e. The van der Waals surface area contributed by atoms with Crippen molar-refractivity contribution in [3.05, 3.63) is 154 Å². The zero-order chi connectivity index (χ0) is 32.5. The summed E-state index contributed by atoms with van der Waals surface area (Å²) in [6.45, 7) is -0.782. The Morgan fingerprint density at radius 3 is 1.96 bits per heavy atom. The number of phenolic OH excluding ortho intramolecular Hbond substituents is 2. The minimum atomic E-state index is -1.51. The molecule has 0 bridgehead atoms. The number of ether oxygens (including phenoxy) is 4. The number of phenols is 2. The van der Waals surface area contributed by atoms with Gasteiger partial charge in [-0.05, 0) is 41.5 Å². The summed E-state index contributed by atoms with van der Waals surface area (Å²) in [4.78, 5) is 41.0. The number of imide groups is 1. The van der Waals surface area contributed by atoms with E-state index in [4.69, 9.17) is 18.9 Å². The molecule has 5 aromatic carbocycles. The highest BCUT2D eigenvalue weighted by Gasteiger charge is 2.54. The molecule has 1 spiro atoms. The molecule has 1 atom stereocenters. The number of nitrogens with zero attached hydrogens (tertiary/aromatic N) is 1. The fourth-order valence-corrected chi connectivity index (χ4v) is 5.88. The van der Waals surface area contributed by atoms with Gasteiger partial charge < -0.3 is 29.2 Å². The normalized spacial score (nSPS) is 15.4. The van der Waals surface area contributed by atoms with Gasteiger partial charge in [-0.1, -0.05) is 78.9 Å². The van der Waals surface area contributed by atoms with Crippen LogP contribution in [0.3, 0.4) is 0 Å². The zero-order valence-electron chi connectivity index (χ0n) is 24.8. The summed E-state index contributed by atoms with van der Waals surface area (Å²) in [5.41, 5.74) is 1.55. The Balaban J connectivity index is 1.30. The number of rotatable bonds is 6. The summed E-state index contributed by atoms with van der Waals surface area (Å²) in [5, 5.41) is 21.6. The van der Waals surface area contributed by atoms with Gasteiger partial charge in [-0.15, -0.1) is 0 Å². The second kappa shape index (κ2) is 11.9. The summed E-state index contributed by atoms with van der Waals surface area (Å²) in [5.74, 6) is -0.810. The highest BCUT2D eigenvalue weighted by atomic mass is 16.6. The van der Waals surface area contributed by atoms with Crippen molar-refractivity contribution in [1.82, 2.24) is 4.90 Å². The number of amides is 2. The molecule has 234 valence electrons. The molecule has 0 saturated carbocycles. The van der Waals surface area contributed by atoms with Crippen LogP contribution in [0, 0.1) is 0 Å². The van der Waals surface area contributed by atoms with Gasteiger partial charge in [0.05, 0.1) is 17.7 Å². The third-order valence-corrected chi connectivity index (χ3v) is 8.11. The van der Waals surface area contributed by atoms with Gasteiger partial charge in [-0.25, -0.2) is 19.3 Å². The number of hydrogen-bond acceptors (Lipinski definition) is 9. The first-order valence-corrected chi connectivity index (χ1v) is 14.7. The van der Waals surface area contributed by atoms with E-state index in [1.165, 1.54) is 18.2 Å². The van der Waals surface area contributed by atoms with Crippen LogP contribution in [0.2, 0.25) is 0 Å². The number of hydrogen-bond donors (Lipinski definition) is 2. The molecular weight excluding hydrogens is 602 g/mol. The van der Waals surface area contributed by atoms with Crippen molar-refractivity contribution in [2.24, 2.45) is 0 Å². The SMILES string of the molecule is O=C1OC2(c3ccc(O)cc3Oc3c2ccc(O)c3CN(C(=O)OCc2ccccc2)C(=O)OCc2ccccc2)c2ccccc21. The lowest BCUT2D eigenvalue weighted by Gasteiger charge is -2.37. The lowest BCUT2D eigenvalue weighted by molar-refractivity contribution is 0.0223. The van der Waals surface area contributed by atoms with E-state index in [1.807, 2.05) is 12.1 Å². The van der Waals surface area contributed by atoms with Crippen molar-refractivity contribution in [3.8, 4) is 23.0 Å². The van der Waals surface area contributed by atoms with Crippen LogP contribution < -0.4 is 4.74 Å². The molecule has 0 radical (unpaired) electrons. The first-order chi connectivity index (χ1) is 22.8. The van der Waals surface area contributed by atoms with Gasteiger partial charge in [-0.2, -0.15) is 0 Å². The van der Waals surface area contributed by atoms with Crippen molar-refractivity contribution >= 4 is 18.2 Å². The first-order valence-electron chi connectivity index (χ1n) is 14.7. The molecule has 2 aliphatic rings. The molecule has 0 aliphatic carbocycles. The van der Waals surface area contributed by atoms with Gasteiger partial charge in [0.25, 0.3) is 0 Å². The first kappa shape index (κ1) is 29.4. The van der Waals surface area contributed by atoms with Crippen molar-refractivity contribution < 1.29 is 43.5 Å². The third-order valence-electron chi connectivity index (χ3n) is 8.11. The summed E-state index contributed by atoms with van der Waals surface area (Å²) >= 11 is 0. The van der Waals surface area contributed by atoms with E-state index in [0.29, 0.717) is 33.4 Å². The maximum absolute atomic E-state index is 13.5. The van der Waals surface area contributed by atoms with Gasteiger partial charge in [0.2, 0.25) is 0 Å². The Bertz CT molecular complexity index is 1960. The van der Waals surface area contributed by atoms with E-state index < -0.39 is 30.3 Å². The molecule has 0 fully saturated rings. The molecule has 10 heteroatoms. The molecule has 47 heavy (non-hydrogen) atoms. The predicted octanol–water partition coefficient (Wildman–Crippen LogP) is 7.14. The average molecular weight is 630 g/mol.